The van der Waals surface area contributed by atoms with Crippen molar-refractivity contribution in [3.8, 4) is 0 Å². The van der Waals surface area contributed by atoms with E-state index in [0.717, 1.165) is 5.57 Å². The molecule has 0 radical (unpaired) electrons. The van der Waals surface area contributed by atoms with E-state index in [2.05, 4.69) is 6.58 Å². The van der Waals surface area contributed by atoms with Gasteiger partial charge in [-0.1, -0.05) is 24.8 Å². The van der Waals surface area contributed by atoms with Gasteiger partial charge < -0.3 is 0 Å². The molecule has 0 aliphatic heterocycles. The zero-order valence-electron chi connectivity index (χ0n) is 5.39. The summed E-state index contributed by atoms with van der Waals surface area (Å²) in [5, 5.41) is 0.0653. The Morgan fingerprint density at radius 1 is 1.67 bits per heavy atom. The second kappa shape index (κ2) is 2.40. The lowest BCUT2D eigenvalue weighted by Crippen LogP contribution is -1.95. The monoisotopic (exact) mass is 140 g/mol. The quantitative estimate of drug-likeness (QED) is 0.454. The highest BCUT2D eigenvalue weighted by Gasteiger charge is 2.02. The van der Waals surface area contributed by atoms with Crippen LogP contribution in [0.5, 0.6) is 0 Å². The van der Waals surface area contributed by atoms with E-state index in [4.69, 9.17) is 11.6 Å². The van der Waals surface area contributed by atoms with Gasteiger partial charge >= 0.3 is 0 Å². The van der Waals surface area contributed by atoms with E-state index >= 15 is 0 Å². The molecule has 1 atom stereocenters. The average Bonchev–Trinajstić information content (AvgIpc) is 1.80. The molecule has 0 amide bonds. The molecule has 0 bridgehead atoms. The molecule has 0 saturated heterocycles. The van der Waals surface area contributed by atoms with Crippen LogP contribution in [0.3, 0.4) is 0 Å². The van der Waals surface area contributed by atoms with Crippen LogP contribution < -0.4 is 0 Å². The number of alkyl halides is 1. The first kappa shape index (κ1) is 6.63. The van der Waals surface area contributed by atoms with Crippen LogP contribution in [0.1, 0.15) is 6.92 Å². The molecule has 0 saturated carbocycles. The van der Waals surface area contributed by atoms with Gasteiger partial charge in [0.15, 0.2) is 0 Å². The van der Waals surface area contributed by atoms with Crippen LogP contribution in [0.25, 0.3) is 0 Å². The van der Waals surface area contributed by atoms with Crippen LogP contribution in [0.15, 0.2) is 36.0 Å². The third-order valence-electron chi connectivity index (χ3n) is 1.40. The van der Waals surface area contributed by atoms with Crippen molar-refractivity contribution >= 4 is 11.6 Å². The van der Waals surface area contributed by atoms with Crippen molar-refractivity contribution in [2.75, 3.05) is 0 Å². The Bertz CT molecular complexity index is 187. The molecule has 0 aromatic heterocycles. The van der Waals surface area contributed by atoms with E-state index in [0.29, 0.717) is 0 Å². The Labute approximate surface area is 60.5 Å². The van der Waals surface area contributed by atoms with Crippen LogP contribution in [0.4, 0.5) is 0 Å². The van der Waals surface area contributed by atoms with Crippen LogP contribution in [0.2, 0.25) is 0 Å². The summed E-state index contributed by atoms with van der Waals surface area (Å²) < 4.78 is 0. The molecule has 1 rings (SSSR count). The van der Waals surface area contributed by atoms with Gasteiger partial charge in [0.05, 0.1) is 5.38 Å². The first-order valence-corrected chi connectivity index (χ1v) is 3.34. The molecule has 1 heteroatoms. The van der Waals surface area contributed by atoms with Gasteiger partial charge in [0.1, 0.15) is 0 Å². The maximum atomic E-state index is 5.77. The van der Waals surface area contributed by atoms with Crippen molar-refractivity contribution in [1.29, 1.82) is 0 Å². The fourth-order valence-corrected chi connectivity index (χ4v) is 1.00. The summed E-state index contributed by atoms with van der Waals surface area (Å²) in [6, 6.07) is 0. The standard InChI is InChI=1S/C8H9Cl/c1-6-3-4-8(9)5-7(6)2/h3-5,8H,1H2,2H3. The lowest BCUT2D eigenvalue weighted by molar-refractivity contribution is 1.26. The number of hydrogen-bond acceptors (Lipinski definition) is 0. The van der Waals surface area contributed by atoms with E-state index in [1.807, 2.05) is 25.2 Å². The van der Waals surface area contributed by atoms with Gasteiger partial charge in [0, 0.05) is 0 Å². The molecule has 1 aliphatic rings. The van der Waals surface area contributed by atoms with E-state index in [9.17, 15) is 0 Å². The zero-order chi connectivity index (χ0) is 6.85. The normalized spacial score (nSPS) is 26.2. The minimum Gasteiger partial charge on any atom is -0.114 e. The van der Waals surface area contributed by atoms with Crippen molar-refractivity contribution < 1.29 is 0 Å². The molecule has 48 valence electrons. The predicted molar refractivity (Wildman–Crippen MR) is 41.7 cm³/mol. The molecule has 0 heterocycles. The Morgan fingerprint density at radius 3 is 2.78 bits per heavy atom. The molecule has 9 heavy (non-hydrogen) atoms. The molecule has 0 aromatic carbocycles. The summed E-state index contributed by atoms with van der Waals surface area (Å²) in [6.45, 7) is 5.83. The van der Waals surface area contributed by atoms with E-state index < -0.39 is 0 Å². The maximum Gasteiger partial charge on any atom is 0.0705 e. The van der Waals surface area contributed by atoms with Crippen molar-refractivity contribution in [2.24, 2.45) is 0 Å². The van der Waals surface area contributed by atoms with Crippen LogP contribution >= 0.6 is 11.6 Å². The van der Waals surface area contributed by atoms with Crippen molar-refractivity contribution in [1.82, 2.24) is 0 Å². The highest BCUT2D eigenvalue weighted by atomic mass is 35.5. The second-order valence-corrected chi connectivity index (χ2v) is 2.68. The smallest absolute Gasteiger partial charge is 0.0705 e. The fraction of sp³-hybridized carbons (Fsp3) is 0.250. The summed E-state index contributed by atoms with van der Waals surface area (Å²) >= 11 is 5.77. The van der Waals surface area contributed by atoms with E-state index in [-0.39, 0.29) is 5.38 Å². The molecule has 0 N–H and O–H groups in total. The van der Waals surface area contributed by atoms with E-state index in [1.54, 1.807) is 0 Å². The van der Waals surface area contributed by atoms with Crippen molar-refractivity contribution in [3.05, 3.63) is 36.0 Å². The predicted octanol–water partition coefficient (Wildman–Crippen LogP) is 2.67. The molecule has 0 aromatic rings. The third kappa shape index (κ3) is 1.46. The Balaban J connectivity index is 2.82. The van der Waals surface area contributed by atoms with Gasteiger partial charge in [-0.05, 0) is 18.1 Å². The first-order chi connectivity index (χ1) is 4.20. The van der Waals surface area contributed by atoms with Crippen LogP contribution in [0, 0.1) is 0 Å². The Kier molecular flexibility index (Phi) is 1.77. The second-order valence-electron chi connectivity index (χ2n) is 2.18. The average molecular weight is 141 g/mol. The van der Waals surface area contributed by atoms with Crippen molar-refractivity contribution in [3.63, 3.8) is 0 Å². The zero-order valence-corrected chi connectivity index (χ0v) is 6.15. The summed E-state index contributed by atoms with van der Waals surface area (Å²) in [4.78, 5) is 0. The third-order valence-corrected chi connectivity index (χ3v) is 1.67. The van der Waals surface area contributed by atoms with Gasteiger partial charge in [-0.25, -0.2) is 0 Å². The SMILES string of the molecule is C=C1C=CC(Cl)C=C1C. The molecule has 0 fully saturated rings. The summed E-state index contributed by atoms with van der Waals surface area (Å²) in [5.74, 6) is 0. The maximum absolute atomic E-state index is 5.77. The molecule has 1 aliphatic carbocycles. The molecule has 0 spiro atoms. The summed E-state index contributed by atoms with van der Waals surface area (Å²) in [7, 11) is 0. The Morgan fingerprint density at radius 2 is 2.33 bits per heavy atom. The lowest BCUT2D eigenvalue weighted by Gasteiger charge is -2.08. The minimum atomic E-state index is 0.0653. The summed E-state index contributed by atoms with van der Waals surface area (Å²) in [5.41, 5.74) is 2.24. The van der Waals surface area contributed by atoms with Gasteiger partial charge in [-0.15, -0.1) is 11.6 Å². The number of allylic oxidation sites excluding steroid dienone is 5. The topological polar surface area (TPSA) is 0 Å². The molecule has 0 nitrogen and oxygen atoms in total. The van der Waals surface area contributed by atoms with Crippen LogP contribution in [-0.4, -0.2) is 5.38 Å². The van der Waals surface area contributed by atoms with Gasteiger partial charge in [0.25, 0.3) is 0 Å². The number of halogens is 1. The largest absolute Gasteiger partial charge is 0.114 e. The number of rotatable bonds is 0. The molecular weight excluding hydrogens is 132 g/mol. The van der Waals surface area contributed by atoms with E-state index in [1.165, 1.54) is 5.57 Å². The van der Waals surface area contributed by atoms with Gasteiger partial charge in [0.2, 0.25) is 0 Å². The van der Waals surface area contributed by atoms with Gasteiger partial charge in [-0.3, -0.25) is 0 Å². The molecular formula is C8H9Cl. The first-order valence-electron chi connectivity index (χ1n) is 2.90. The van der Waals surface area contributed by atoms with Crippen LogP contribution in [-0.2, 0) is 0 Å². The number of hydrogen-bond donors (Lipinski definition) is 0. The van der Waals surface area contributed by atoms with Crippen molar-refractivity contribution in [2.45, 2.75) is 12.3 Å². The summed E-state index contributed by atoms with van der Waals surface area (Å²) in [6.07, 6.45) is 5.87. The minimum absolute atomic E-state index is 0.0653. The lowest BCUT2D eigenvalue weighted by atomic mass is 10.0. The Hall–Kier alpha value is -0.490. The molecule has 1 unspecified atom stereocenters. The highest BCUT2D eigenvalue weighted by molar-refractivity contribution is 6.23. The fourth-order valence-electron chi connectivity index (χ4n) is 0.741. The van der Waals surface area contributed by atoms with Gasteiger partial charge in [-0.2, -0.15) is 0 Å². The highest BCUT2D eigenvalue weighted by Crippen LogP contribution is 2.18.